The summed E-state index contributed by atoms with van der Waals surface area (Å²) in [5.74, 6) is 3.34. The molecule has 0 aliphatic carbocycles. The van der Waals surface area contributed by atoms with Crippen LogP contribution in [0.1, 0.15) is 42.7 Å². The predicted octanol–water partition coefficient (Wildman–Crippen LogP) is 3.86. The lowest BCUT2D eigenvalue weighted by Crippen LogP contribution is -2.07. The number of para-hydroxylation sites is 1. The molecule has 8 heteroatoms. The molecule has 0 radical (unpaired) electrons. The zero-order valence-corrected chi connectivity index (χ0v) is 16.9. The predicted molar refractivity (Wildman–Crippen MR) is 103 cm³/mol. The van der Waals surface area contributed by atoms with E-state index in [1.807, 2.05) is 39.8 Å². The Morgan fingerprint density at radius 2 is 1.82 bits per heavy atom. The van der Waals surface area contributed by atoms with E-state index in [4.69, 9.17) is 18.7 Å². The number of aromatic nitrogens is 4. The fraction of sp³-hybridized carbons (Fsp3) is 0.400. The van der Waals surface area contributed by atoms with Crippen LogP contribution in [0.4, 0.5) is 0 Å². The van der Waals surface area contributed by atoms with Crippen LogP contribution in [0.15, 0.2) is 22.7 Å². The van der Waals surface area contributed by atoms with Gasteiger partial charge in [0.15, 0.2) is 18.1 Å². The Hall–Kier alpha value is -3.16. The summed E-state index contributed by atoms with van der Waals surface area (Å²) in [6.45, 7) is 8.05. The number of aryl methyl sites for hydroxylation is 1. The SMILES string of the molecule is COc1cccc(-c2noc(COc3nc(C(C)C)nc(C)c3C)n2)c1OC. The molecular formula is C20H24N4O4. The Morgan fingerprint density at radius 1 is 1.04 bits per heavy atom. The van der Waals surface area contributed by atoms with Gasteiger partial charge in [-0.3, -0.25) is 0 Å². The number of benzene rings is 1. The van der Waals surface area contributed by atoms with Crippen molar-refractivity contribution in [2.24, 2.45) is 0 Å². The molecule has 0 amide bonds. The molecule has 0 saturated heterocycles. The van der Waals surface area contributed by atoms with E-state index in [-0.39, 0.29) is 12.5 Å². The van der Waals surface area contributed by atoms with Crippen LogP contribution in [0.5, 0.6) is 17.4 Å². The van der Waals surface area contributed by atoms with Crippen LogP contribution >= 0.6 is 0 Å². The topological polar surface area (TPSA) is 92.4 Å². The van der Waals surface area contributed by atoms with Crippen LogP contribution in [0.2, 0.25) is 0 Å². The van der Waals surface area contributed by atoms with Crippen LogP contribution in [0.25, 0.3) is 11.4 Å². The van der Waals surface area contributed by atoms with Gasteiger partial charge in [-0.1, -0.05) is 25.1 Å². The highest BCUT2D eigenvalue weighted by atomic mass is 16.5. The van der Waals surface area contributed by atoms with E-state index in [2.05, 4.69) is 20.1 Å². The molecule has 1 aromatic carbocycles. The fourth-order valence-corrected chi connectivity index (χ4v) is 2.64. The Labute approximate surface area is 163 Å². The first-order valence-electron chi connectivity index (χ1n) is 8.96. The Bertz CT molecular complexity index is 969. The van der Waals surface area contributed by atoms with Gasteiger partial charge in [-0.25, -0.2) is 4.98 Å². The molecule has 0 spiro atoms. The van der Waals surface area contributed by atoms with Gasteiger partial charge in [-0.15, -0.1) is 0 Å². The third kappa shape index (κ3) is 3.90. The largest absolute Gasteiger partial charge is 0.493 e. The van der Waals surface area contributed by atoms with E-state index in [9.17, 15) is 0 Å². The summed E-state index contributed by atoms with van der Waals surface area (Å²) in [6.07, 6.45) is 0. The molecule has 0 aliphatic rings. The van der Waals surface area contributed by atoms with Crippen molar-refractivity contribution in [1.82, 2.24) is 20.1 Å². The van der Waals surface area contributed by atoms with Crippen LogP contribution in [-0.4, -0.2) is 34.3 Å². The number of ether oxygens (including phenoxy) is 3. The van der Waals surface area contributed by atoms with Gasteiger partial charge in [0.25, 0.3) is 5.89 Å². The van der Waals surface area contributed by atoms with E-state index >= 15 is 0 Å². The van der Waals surface area contributed by atoms with Gasteiger partial charge in [0.05, 0.1) is 19.8 Å². The van der Waals surface area contributed by atoms with Crippen LogP contribution in [0, 0.1) is 13.8 Å². The monoisotopic (exact) mass is 384 g/mol. The Morgan fingerprint density at radius 3 is 2.50 bits per heavy atom. The molecule has 3 rings (SSSR count). The van der Waals surface area contributed by atoms with E-state index in [1.54, 1.807) is 20.3 Å². The smallest absolute Gasteiger partial charge is 0.264 e. The summed E-state index contributed by atoms with van der Waals surface area (Å²) in [4.78, 5) is 13.4. The van der Waals surface area contributed by atoms with E-state index < -0.39 is 0 Å². The van der Waals surface area contributed by atoms with Crippen molar-refractivity contribution >= 4 is 0 Å². The molecule has 0 fully saturated rings. The summed E-state index contributed by atoms with van der Waals surface area (Å²) in [5, 5.41) is 4.03. The van der Waals surface area contributed by atoms with E-state index in [1.165, 1.54) is 0 Å². The van der Waals surface area contributed by atoms with Crippen molar-refractivity contribution in [1.29, 1.82) is 0 Å². The first-order valence-corrected chi connectivity index (χ1v) is 8.96. The minimum Gasteiger partial charge on any atom is -0.493 e. The molecule has 148 valence electrons. The molecule has 0 saturated carbocycles. The second-order valence-electron chi connectivity index (χ2n) is 6.59. The summed E-state index contributed by atoms with van der Waals surface area (Å²) >= 11 is 0. The normalized spacial score (nSPS) is 11.0. The molecule has 0 N–H and O–H groups in total. The lowest BCUT2D eigenvalue weighted by atomic mass is 10.1. The first-order chi connectivity index (χ1) is 13.4. The zero-order valence-electron chi connectivity index (χ0n) is 16.9. The summed E-state index contributed by atoms with van der Waals surface area (Å²) in [7, 11) is 3.15. The van der Waals surface area contributed by atoms with Crippen LogP contribution < -0.4 is 14.2 Å². The third-order valence-corrected chi connectivity index (χ3v) is 4.32. The number of rotatable bonds is 7. The molecule has 2 heterocycles. The highest BCUT2D eigenvalue weighted by molar-refractivity contribution is 5.68. The maximum atomic E-state index is 5.84. The van der Waals surface area contributed by atoms with Crippen LogP contribution in [0.3, 0.4) is 0 Å². The minimum atomic E-state index is 0.105. The van der Waals surface area contributed by atoms with Crippen LogP contribution in [-0.2, 0) is 6.61 Å². The van der Waals surface area contributed by atoms with Gasteiger partial charge in [0.1, 0.15) is 5.82 Å². The van der Waals surface area contributed by atoms with Crippen molar-refractivity contribution in [2.45, 2.75) is 40.2 Å². The number of methoxy groups -OCH3 is 2. The average molecular weight is 384 g/mol. The molecule has 0 aliphatic heterocycles. The standard InChI is InChI=1S/C20H24N4O4/c1-11(2)18-21-13(4)12(3)20(23-18)27-10-16-22-19(24-28-16)14-8-7-9-15(25-5)17(14)26-6/h7-9,11H,10H2,1-6H3. The van der Waals surface area contributed by atoms with Gasteiger partial charge in [-0.05, 0) is 26.0 Å². The van der Waals surface area contributed by atoms with E-state index in [0.717, 1.165) is 17.1 Å². The quantitative estimate of drug-likeness (QED) is 0.606. The number of hydrogen-bond acceptors (Lipinski definition) is 8. The second-order valence-corrected chi connectivity index (χ2v) is 6.59. The van der Waals surface area contributed by atoms with Crippen molar-refractivity contribution in [3.63, 3.8) is 0 Å². The highest BCUT2D eigenvalue weighted by Crippen LogP contribution is 2.36. The van der Waals surface area contributed by atoms with Crippen molar-refractivity contribution in [2.75, 3.05) is 14.2 Å². The Balaban J connectivity index is 1.82. The van der Waals surface area contributed by atoms with Gasteiger partial charge >= 0.3 is 0 Å². The lowest BCUT2D eigenvalue weighted by Gasteiger charge is -2.12. The molecule has 0 bridgehead atoms. The Kier molecular flexibility index (Phi) is 5.77. The first kappa shape index (κ1) is 19.6. The summed E-state index contributed by atoms with van der Waals surface area (Å²) in [6, 6.07) is 5.48. The van der Waals surface area contributed by atoms with Crippen molar-refractivity contribution in [3.05, 3.63) is 41.2 Å². The maximum Gasteiger partial charge on any atom is 0.264 e. The van der Waals surface area contributed by atoms with Gasteiger partial charge in [0.2, 0.25) is 11.7 Å². The van der Waals surface area contributed by atoms with Gasteiger partial charge in [0, 0.05) is 17.2 Å². The van der Waals surface area contributed by atoms with Gasteiger partial charge < -0.3 is 18.7 Å². The molecule has 0 unspecified atom stereocenters. The average Bonchev–Trinajstić information content (AvgIpc) is 3.16. The third-order valence-electron chi connectivity index (χ3n) is 4.32. The molecule has 28 heavy (non-hydrogen) atoms. The fourth-order valence-electron chi connectivity index (χ4n) is 2.64. The zero-order chi connectivity index (χ0) is 20.3. The van der Waals surface area contributed by atoms with Crippen molar-refractivity contribution < 1.29 is 18.7 Å². The second kappa shape index (κ2) is 8.24. The summed E-state index contributed by atoms with van der Waals surface area (Å²) in [5.41, 5.74) is 2.45. The minimum absolute atomic E-state index is 0.105. The number of nitrogens with zero attached hydrogens (tertiary/aromatic N) is 4. The van der Waals surface area contributed by atoms with Gasteiger partial charge in [-0.2, -0.15) is 9.97 Å². The molecule has 2 aromatic heterocycles. The number of hydrogen-bond donors (Lipinski definition) is 0. The highest BCUT2D eigenvalue weighted by Gasteiger charge is 2.18. The molecular weight excluding hydrogens is 360 g/mol. The van der Waals surface area contributed by atoms with E-state index in [0.29, 0.717) is 34.7 Å². The molecule has 3 aromatic rings. The van der Waals surface area contributed by atoms with Crippen molar-refractivity contribution in [3.8, 4) is 28.8 Å². The lowest BCUT2D eigenvalue weighted by molar-refractivity contribution is 0.232. The summed E-state index contributed by atoms with van der Waals surface area (Å²) < 4.78 is 21.9. The molecule has 8 nitrogen and oxygen atoms in total. The maximum absolute atomic E-state index is 5.84. The molecule has 0 atom stereocenters.